The quantitative estimate of drug-likeness (QED) is 0.626. The maximum absolute atomic E-state index is 12.4. The van der Waals surface area contributed by atoms with E-state index in [-0.39, 0.29) is 11.8 Å². The van der Waals surface area contributed by atoms with E-state index in [1.54, 1.807) is 12.1 Å². The van der Waals surface area contributed by atoms with Crippen LogP contribution in [0, 0.1) is 11.8 Å². The van der Waals surface area contributed by atoms with Crippen LogP contribution in [-0.2, 0) is 4.74 Å². The summed E-state index contributed by atoms with van der Waals surface area (Å²) in [6, 6.07) is 9.01. The Hall–Kier alpha value is -2.06. The van der Waals surface area contributed by atoms with Crippen LogP contribution in [0.5, 0.6) is 5.75 Å². The predicted molar refractivity (Wildman–Crippen MR) is 114 cm³/mol. The summed E-state index contributed by atoms with van der Waals surface area (Å²) in [5, 5.41) is 4.82. The Balaban J connectivity index is 1.30. The molecule has 0 spiro atoms. The topological polar surface area (TPSA) is 39.5 Å². The molecule has 174 valence electrons. The zero-order valence-electron chi connectivity index (χ0n) is 18.5. The fourth-order valence-corrected chi connectivity index (χ4v) is 5.72. The van der Waals surface area contributed by atoms with Crippen LogP contribution in [0.2, 0.25) is 0 Å². The van der Waals surface area contributed by atoms with Gasteiger partial charge < -0.3 is 9.47 Å². The van der Waals surface area contributed by atoms with Gasteiger partial charge in [0.05, 0.1) is 12.3 Å². The molecule has 0 radical (unpaired) electrons. The van der Waals surface area contributed by atoms with Crippen molar-refractivity contribution >= 4 is 0 Å². The Bertz CT molecular complexity index is 921. The molecule has 0 bridgehead atoms. The number of hydrogen-bond acceptors (Lipinski definition) is 4. The van der Waals surface area contributed by atoms with E-state index in [0.717, 1.165) is 44.0 Å². The molecular weight excluding hydrogens is 419 g/mol. The van der Waals surface area contributed by atoms with Crippen molar-refractivity contribution in [3.63, 3.8) is 0 Å². The van der Waals surface area contributed by atoms with Gasteiger partial charge >= 0.3 is 6.36 Å². The molecule has 32 heavy (non-hydrogen) atoms. The average Bonchev–Trinajstić information content (AvgIpc) is 3.06. The van der Waals surface area contributed by atoms with Crippen LogP contribution < -0.4 is 4.74 Å². The maximum Gasteiger partial charge on any atom is 0.573 e. The van der Waals surface area contributed by atoms with Crippen molar-refractivity contribution in [3.05, 3.63) is 36.0 Å². The molecule has 0 amide bonds. The number of alkyl halides is 3. The lowest BCUT2D eigenvalue weighted by Gasteiger charge is -2.28. The van der Waals surface area contributed by atoms with Crippen molar-refractivity contribution in [1.82, 2.24) is 14.7 Å². The lowest BCUT2D eigenvalue weighted by molar-refractivity contribution is -0.274. The Morgan fingerprint density at radius 3 is 2.44 bits per heavy atom. The van der Waals surface area contributed by atoms with Gasteiger partial charge in [0.2, 0.25) is 0 Å². The molecule has 1 saturated heterocycles. The van der Waals surface area contributed by atoms with Gasteiger partial charge in [0.25, 0.3) is 0 Å². The van der Waals surface area contributed by atoms with E-state index >= 15 is 0 Å². The van der Waals surface area contributed by atoms with Crippen LogP contribution in [0.4, 0.5) is 13.2 Å². The maximum atomic E-state index is 12.4. The van der Waals surface area contributed by atoms with Gasteiger partial charge in [0.1, 0.15) is 5.75 Å². The fourth-order valence-electron chi connectivity index (χ4n) is 5.72. The molecule has 0 N–H and O–H groups in total. The third kappa shape index (κ3) is 4.39. The molecule has 1 aromatic heterocycles. The summed E-state index contributed by atoms with van der Waals surface area (Å²) in [5.41, 5.74) is 2.87. The SMILES string of the molecule is CC(C)n1nc(-c2ccc(OC(F)(F)F)cc2)cc1C1C2CC(N3CCCOCC3)CC21. The van der Waals surface area contributed by atoms with Gasteiger partial charge in [0.15, 0.2) is 0 Å². The van der Waals surface area contributed by atoms with E-state index in [4.69, 9.17) is 9.84 Å². The molecule has 2 aliphatic carbocycles. The number of halogens is 3. The van der Waals surface area contributed by atoms with Crippen LogP contribution in [-0.4, -0.2) is 53.4 Å². The van der Waals surface area contributed by atoms with Crippen molar-refractivity contribution in [2.75, 3.05) is 26.3 Å². The lowest BCUT2D eigenvalue weighted by atomic mass is 10.0. The fraction of sp³-hybridized carbons (Fsp3) is 0.625. The molecule has 2 unspecified atom stereocenters. The second-order valence-electron chi connectivity index (χ2n) is 9.55. The highest BCUT2D eigenvalue weighted by Gasteiger charge is 2.58. The first kappa shape index (κ1) is 21.8. The number of benzene rings is 1. The van der Waals surface area contributed by atoms with Gasteiger partial charge in [-0.25, -0.2) is 0 Å². The van der Waals surface area contributed by atoms with Crippen molar-refractivity contribution in [1.29, 1.82) is 0 Å². The minimum absolute atomic E-state index is 0.216. The van der Waals surface area contributed by atoms with Crippen molar-refractivity contribution in [2.24, 2.45) is 11.8 Å². The molecule has 5 rings (SSSR count). The van der Waals surface area contributed by atoms with Gasteiger partial charge in [-0.15, -0.1) is 13.2 Å². The van der Waals surface area contributed by atoms with Crippen molar-refractivity contribution in [2.45, 2.75) is 57.5 Å². The Morgan fingerprint density at radius 1 is 1.06 bits per heavy atom. The van der Waals surface area contributed by atoms with Crippen LogP contribution in [0.3, 0.4) is 0 Å². The minimum atomic E-state index is -4.68. The van der Waals surface area contributed by atoms with Crippen molar-refractivity contribution < 1.29 is 22.6 Å². The lowest BCUT2D eigenvalue weighted by Crippen LogP contribution is -2.36. The molecule has 1 aromatic carbocycles. The van der Waals surface area contributed by atoms with Gasteiger partial charge in [-0.1, -0.05) is 0 Å². The highest BCUT2D eigenvalue weighted by atomic mass is 19.4. The molecule has 2 saturated carbocycles. The molecular formula is C24H30F3N3O2. The molecule has 3 fully saturated rings. The number of ether oxygens (including phenoxy) is 2. The number of fused-ring (bicyclic) bond motifs is 1. The molecule has 2 atom stereocenters. The summed E-state index contributed by atoms with van der Waals surface area (Å²) in [4.78, 5) is 2.62. The summed E-state index contributed by atoms with van der Waals surface area (Å²) >= 11 is 0. The predicted octanol–water partition coefficient (Wildman–Crippen LogP) is 5.24. The summed E-state index contributed by atoms with van der Waals surface area (Å²) in [6.45, 7) is 8.13. The second kappa shape index (κ2) is 8.37. The summed E-state index contributed by atoms with van der Waals surface area (Å²) in [7, 11) is 0. The number of hydrogen-bond donors (Lipinski definition) is 0. The Morgan fingerprint density at radius 2 is 1.78 bits per heavy atom. The second-order valence-corrected chi connectivity index (χ2v) is 9.55. The first-order chi connectivity index (χ1) is 15.3. The first-order valence-electron chi connectivity index (χ1n) is 11.6. The monoisotopic (exact) mass is 449 g/mol. The number of rotatable bonds is 5. The highest BCUT2D eigenvalue weighted by molar-refractivity contribution is 5.61. The molecule has 2 heterocycles. The average molecular weight is 450 g/mol. The van der Waals surface area contributed by atoms with E-state index in [0.29, 0.717) is 23.8 Å². The van der Waals surface area contributed by atoms with Gasteiger partial charge in [0, 0.05) is 49.0 Å². The van der Waals surface area contributed by atoms with Crippen molar-refractivity contribution in [3.8, 4) is 17.0 Å². The smallest absolute Gasteiger partial charge is 0.406 e. The molecule has 5 nitrogen and oxygen atoms in total. The minimum Gasteiger partial charge on any atom is -0.406 e. The standard InChI is InChI=1S/C24H30F3N3O2/c1-15(2)30-22(14-21(28-30)16-4-6-18(7-5-16)32-24(25,26)27)23-19-12-17(13-20(19)23)29-8-3-10-31-11-9-29/h4-7,14-15,17,19-20,23H,3,8-13H2,1-2H3. The third-order valence-electron chi connectivity index (χ3n) is 7.17. The van der Waals surface area contributed by atoms with E-state index < -0.39 is 6.36 Å². The van der Waals surface area contributed by atoms with Crippen LogP contribution >= 0.6 is 0 Å². The van der Waals surface area contributed by atoms with Gasteiger partial charge in [-0.2, -0.15) is 5.10 Å². The molecule has 3 aliphatic rings. The molecule has 1 aliphatic heterocycles. The largest absolute Gasteiger partial charge is 0.573 e. The molecule has 2 aromatic rings. The summed E-state index contributed by atoms with van der Waals surface area (Å²) in [6.07, 6.45) is -1.10. The Kier molecular flexibility index (Phi) is 5.70. The highest BCUT2D eigenvalue weighted by Crippen LogP contribution is 2.64. The van der Waals surface area contributed by atoms with Gasteiger partial charge in [-0.3, -0.25) is 9.58 Å². The normalized spacial score (nSPS) is 28.6. The van der Waals surface area contributed by atoms with E-state index in [2.05, 4.69) is 34.2 Å². The van der Waals surface area contributed by atoms with Crippen LogP contribution in [0.25, 0.3) is 11.3 Å². The van der Waals surface area contributed by atoms with Crippen LogP contribution in [0.1, 0.15) is 50.8 Å². The zero-order valence-corrected chi connectivity index (χ0v) is 18.5. The number of nitrogens with zero attached hydrogens (tertiary/aromatic N) is 3. The third-order valence-corrected chi connectivity index (χ3v) is 7.17. The molecule has 8 heteroatoms. The van der Waals surface area contributed by atoms with E-state index in [1.807, 2.05) is 0 Å². The van der Waals surface area contributed by atoms with E-state index in [9.17, 15) is 13.2 Å². The van der Waals surface area contributed by atoms with E-state index in [1.165, 1.54) is 30.7 Å². The van der Waals surface area contributed by atoms with Crippen LogP contribution in [0.15, 0.2) is 30.3 Å². The summed E-state index contributed by atoms with van der Waals surface area (Å²) < 4.78 is 49.0. The first-order valence-corrected chi connectivity index (χ1v) is 11.6. The van der Waals surface area contributed by atoms with Gasteiger partial charge in [-0.05, 0) is 75.3 Å². The zero-order chi connectivity index (χ0) is 22.5. The number of aromatic nitrogens is 2. The summed E-state index contributed by atoms with van der Waals surface area (Å²) in [5.74, 6) is 1.72. The Labute approximate surface area is 186 Å².